The van der Waals surface area contributed by atoms with Crippen molar-refractivity contribution in [2.45, 2.75) is 38.1 Å². The molecule has 1 aliphatic rings. The largest absolute Gasteiger partial charge is 0.300 e. The average Bonchev–Trinajstić information content (AvgIpc) is 2.87. The molecule has 0 fully saturated rings. The molecule has 4 nitrogen and oxygen atoms in total. The highest BCUT2D eigenvalue weighted by Gasteiger charge is 2.38. The topological polar surface area (TPSA) is 63.2 Å². The molecule has 0 saturated heterocycles. The van der Waals surface area contributed by atoms with Crippen LogP contribution in [-0.4, -0.2) is 14.2 Å². The fourth-order valence-corrected chi connectivity index (χ4v) is 4.64. The van der Waals surface area contributed by atoms with Crippen LogP contribution in [0.1, 0.15) is 35.2 Å². The summed E-state index contributed by atoms with van der Waals surface area (Å²) >= 11 is 0. The number of carbonyl (C=O) groups is 1. The second kappa shape index (κ2) is 6.15. The van der Waals surface area contributed by atoms with Gasteiger partial charge in [0.15, 0.2) is 0 Å². The molecule has 3 rings (SSSR count). The minimum atomic E-state index is -3.69. The van der Waals surface area contributed by atoms with E-state index < -0.39 is 16.1 Å². The lowest BCUT2D eigenvalue weighted by Crippen LogP contribution is -2.34. The maximum absolute atomic E-state index is 12.8. The Morgan fingerprint density at radius 2 is 1.75 bits per heavy atom. The molecule has 0 saturated carbocycles. The number of aryl methyl sites for hydroxylation is 2. The Hall–Kier alpha value is -1.98. The Bertz CT molecular complexity index is 885. The van der Waals surface area contributed by atoms with Gasteiger partial charge in [0.1, 0.15) is 5.78 Å². The lowest BCUT2D eigenvalue weighted by Gasteiger charge is -2.21. The van der Waals surface area contributed by atoms with Gasteiger partial charge in [-0.2, -0.15) is 0 Å². The number of sulfonamides is 1. The SMILES string of the molecule is CC(=O)[C@@H]1Cc2cccc(C)c2[C@H]1NS(=O)(=O)c1ccc(C)cc1. The molecule has 24 heavy (non-hydrogen) atoms. The van der Waals surface area contributed by atoms with E-state index in [1.807, 2.05) is 32.0 Å². The molecule has 0 amide bonds. The number of Topliss-reactive ketones (excluding diaryl/α,β-unsaturated/α-hetero) is 1. The summed E-state index contributed by atoms with van der Waals surface area (Å²) in [4.78, 5) is 12.3. The predicted molar refractivity (Wildman–Crippen MR) is 93.3 cm³/mol. The summed E-state index contributed by atoms with van der Waals surface area (Å²) in [7, 11) is -3.69. The van der Waals surface area contributed by atoms with Gasteiger partial charge in [-0.05, 0) is 56.0 Å². The van der Waals surface area contributed by atoms with E-state index in [9.17, 15) is 13.2 Å². The molecule has 1 aliphatic carbocycles. The quantitative estimate of drug-likeness (QED) is 0.928. The number of rotatable bonds is 4. The molecule has 2 atom stereocenters. The van der Waals surface area contributed by atoms with E-state index >= 15 is 0 Å². The van der Waals surface area contributed by atoms with Crippen molar-refractivity contribution < 1.29 is 13.2 Å². The summed E-state index contributed by atoms with van der Waals surface area (Å²) in [5, 5.41) is 0. The van der Waals surface area contributed by atoms with Crippen LogP contribution in [0.25, 0.3) is 0 Å². The average molecular weight is 343 g/mol. The summed E-state index contributed by atoms with van der Waals surface area (Å²) in [5.74, 6) is -0.358. The van der Waals surface area contributed by atoms with Crippen molar-refractivity contribution in [2.24, 2.45) is 5.92 Å². The predicted octanol–water partition coefficient (Wildman–Crippen LogP) is 3.08. The molecule has 0 aliphatic heterocycles. The first-order valence-electron chi connectivity index (χ1n) is 7.97. The van der Waals surface area contributed by atoms with Crippen LogP contribution in [0, 0.1) is 19.8 Å². The molecule has 0 aromatic heterocycles. The van der Waals surface area contributed by atoms with E-state index in [0.717, 1.165) is 22.3 Å². The number of fused-ring (bicyclic) bond motifs is 1. The van der Waals surface area contributed by atoms with Crippen LogP contribution in [0.4, 0.5) is 0 Å². The Labute approximate surface area is 143 Å². The van der Waals surface area contributed by atoms with Crippen LogP contribution in [0.5, 0.6) is 0 Å². The van der Waals surface area contributed by atoms with Crippen LogP contribution < -0.4 is 4.72 Å². The molecule has 1 N–H and O–H groups in total. The third-order valence-electron chi connectivity index (χ3n) is 4.70. The molecule has 0 heterocycles. The van der Waals surface area contributed by atoms with Crippen LogP contribution in [0.3, 0.4) is 0 Å². The van der Waals surface area contributed by atoms with Gasteiger partial charge in [0.05, 0.1) is 10.9 Å². The van der Waals surface area contributed by atoms with Gasteiger partial charge in [0, 0.05) is 5.92 Å². The van der Waals surface area contributed by atoms with Crippen molar-refractivity contribution in [3.63, 3.8) is 0 Å². The van der Waals surface area contributed by atoms with Crippen LogP contribution in [-0.2, 0) is 21.2 Å². The summed E-state index contributed by atoms with van der Waals surface area (Å²) < 4.78 is 28.3. The summed E-state index contributed by atoms with van der Waals surface area (Å²) in [5.41, 5.74) is 3.99. The van der Waals surface area contributed by atoms with Gasteiger partial charge in [0.2, 0.25) is 10.0 Å². The van der Waals surface area contributed by atoms with Gasteiger partial charge < -0.3 is 0 Å². The second-order valence-corrected chi connectivity index (χ2v) is 8.19. The Morgan fingerprint density at radius 1 is 1.08 bits per heavy atom. The van der Waals surface area contributed by atoms with E-state index in [-0.39, 0.29) is 16.6 Å². The molecular weight excluding hydrogens is 322 g/mol. The van der Waals surface area contributed by atoms with Crippen molar-refractivity contribution in [2.75, 3.05) is 0 Å². The molecule has 126 valence electrons. The van der Waals surface area contributed by atoms with Crippen molar-refractivity contribution in [1.29, 1.82) is 0 Å². The number of carbonyl (C=O) groups excluding carboxylic acids is 1. The van der Waals surface area contributed by atoms with E-state index in [0.29, 0.717) is 6.42 Å². The monoisotopic (exact) mass is 343 g/mol. The van der Waals surface area contributed by atoms with Gasteiger partial charge >= 0.3 is 0 Å². The maximum atomic E-state index is 12.8. The van der Waals surface area contributed by atoms with E-state index in [1.165, 1.54) is 6.92 Å². The number of hydrogen-bond donors (Lipinski definition) is 1. The zero-order valence-electron chi connectivity index (χ0n) is 14.0. The van der Waals surface area contributed by atoms with Crippen molar-refractivity contribution >= 4 is 15.8 Å². The van der Waals surface area contributed by atoms with Crippen molar-refractivity contribution in [3.8, 4) is 0 Å². The maximum Gasteiger partial charge on any atom is 0.241 e. The number of ketones is 1. The number of nitrogens with one attached hydrogen (secondary N) is 1. The van der Waals surface area contributed by atoms with E-state index in [1.54, 1.807) is 24.3 Å². The molecular formula is C19H21NO3S. The molecule has 2 aromatic rings. The van der Waals surface area contributed by atoms with Crippen LogP contribution in [0.15, 0.2) is 47.4 Å². The highest BCUT2D eigenvalue weighted by atomic mass is 32.2. The molecule has 2 aromatic carbocycles. The Morgan fingerprint density at radius 3 is 2.38 bits per heavy atom. The lowest BCUT2D eigenvalue weighted by atomic mass is 9.96. The summed E-state index contributed by atoms with van der Waals surface area (Å²) in [6.45, 7) is 5.39. The fraction of sp³-hybridized carbons (Fsp3) is 0.316. The van der Waals surface area contributed by atoms with E-state index in [2.05, 4.69) is 4.72 Å². The van der Waals surface area contributed by atoms with Gasteiger partial charge in [-0.15, -0.1) is 0 Å². The standard InChI is InChI=1S/C19H21NO3S/c1-12-7-9-16(10-8-12)24(22,23)20-19-17(14(3)21)11-15-6-4-5-13(2)18(15)19/h4-10,17,19-20H,11H2,1-3H3/t17-,19-/m0/s1. The minimum Gasteiger partial charge on any atom is -0.300 e. The van der Waals surface area contributed by atoms with Crippen molar-refractivity contribution in [3.05, 3.63) is 64.7 Å². The fourth-order valence-electron chi connectivity index (χ4n) is 3.39. The zero-order valence-corrected chi connectivity index (χ0v) is 14.9. The zero-order chi connectivity index (χ0) is 17.5. The smallest absolute Gasteiger partial charge is 0.241 e. The first kappa shape index (κ1) is 16.9. The first-order valence-corrected chi connectivity index (χ1v) is 9.46. The second-order valence-electron chi connectivity index (χ2n) is 6.48. The van der Waals surface area contributed by atoms with Crippen LogP contribution in [0.2, 0.25) is 0 Å². The van der Waals surface area contributed by atoms with Crippen molar-refractivity contribution in [1.82, 2.24) is 4.72 Å². The first-order chi connectivity index (χ1) is 11.3. The van der Waals surface area contributed by atoms with Crippen LogP contribution >= 0.6 is 0 Å². The number of benzene rings is 2. The van der Waals surface area contributed by atoms with Gasteiger partial charge in [-0.1, -0.05) is 35.9 Å². The number of hydrogen-bond acceptors (Lipinski definition) is 3. The highest BCUT2D eigenvalue weighted by Crippen LogP contribution is 2.39. The van der Waals surface area contributed by atoms with Gasteiger partial charge in [-0.3, -0.25) is 4.79 Å². The van der Waals surface area contributed by atoms with Gasteiger partial charge in [-0.25, -0.2) is 13.1 Å². The summed E-state index contributed by atoms with van der Waals surface area (Å²) in [6.07, 6.45) is 0.577. The Balaban J connectivity index is 2.01. The molecule has 5 heteroatoms. The third kappa shape index (κ3) is 3.01. The normalized spacial score (nSPS) is 20.0. The minimum absolute atomic E-state index is 0.00204. The Kier molecular flexibility index (Phi) is 4.32. The molecule has 0 unspecified atom stereocenters. The molecule has 0 bridgehead atoms. The highest BCUT2D eigenvalue weighted by molar-refractivity contribution is 7.89. The third-order valence-corrected chi connectivity index (χ3v) is 6.16. The van der Waals surface area contributed by atoms with Gasteiger partial charge in [0.25, 0.3) is 0 Å². The molecule has 0 radical (unpaired) electrons. The lowest BCUT2D eigenvalue weighted by molar-refractivity contribution is -0.121. The summed E-state index contributed by atoms with van der Waals surface area (Å²) in [6, 6.07) is 12.1. The van der Waals surface area contributed by atoms with E-state index in [4.69, 9.17) is 0 Å². The molecule has 0 spiro atoms.